The molecule has 0 radical (unpaired) electrons. The van der Waals surface area contributed by atoms with Crippen molar-refractivity contribution in [2.45, 2.75) is 76.8 Å². The lowest BCUT2D eigenvalue weighted by Gasteiger charge is -2.35. The van der Waals surface area contributed by atoms with Crippen molar-refractivity contribution in [3.05, 3.63) is 0 Å². The van der Waals surface area contributed by atoms with E-state index in [1.165, 1.54) is 62.3 Å². The first-order valence-electron chi connectivity index (χ1n) is 8.18. The first-order valence-corrected chi connectivity index (χ1v) is 9.16. The molecule has 1 unspecified atom stereocenters. The molecule has 0 bridgehead atoms. The number of thioether (sulfide) groups is 1. The average molecular weight is 280 g/mol. The summed E-state index contributed by atoms with van der Waals surface area (Å²) in [7, 11) is 0. The van der Waals surface area contributed by atoms with Gasteiger partial charge >= 0.3 is 0 Å². The van der Waals surface area contributed by atoms with Crippen LogP contribution in [0.1, 0.15) is 65.2 Å². The Morgan fingerprint density at radius 1 is 1.32 bits per heavy atom. The van der Waals surface area contributed by atoms with E-state index in [0.717, 1.165) is 11.8 Å². The van der Waals surface area contributed by atoms with Crippen LogP contribution < -0.4 is 5.32 Å². The van der Waals surface area contributed by atoms with Gasteiger partial charge in [0.1, 0.15) is 0 Å². The van der Waals surface area contributed by atoms with Crippen LogP contribution in [0.25, 0.3) is 0 Å². The monoisotopic (exact) mass is 280 g/mol. The van der Waals surface area contributed by atoms with E-state index in [4.69, 9.17) is 4.99 Å². The minimum Gasteiger partial charge on any atom is -0.359 e. The number of nitrogens with zero attached hydrogens (tertiary/aromatic N) is 1. The largest absolute Gasteiger partial charge is 0.359 e. The summed E-state index contributed by atoms with van der Waals surface area (Å²) in [6, 6.07) is 0.570. The van der Waals surface area contributed by atoms with Crippen LogP contribution in [0.4, 0.5) is 0 Å². The van der Waals surface area contributed by atoms with Crippen molar-refractivity contribution < 1.29 is 0 Å². The van der Waals surface area contributed by atoms with Crippen molar-refractivity contribution in [1.82, 2.24) is 5.32 Å². The zero-order chi connectivity index (χ0) is 13.3. The quantitative estimate of drug-likeness (QED) is 0.834. The molecule has 3 rings (SSSR count). The number of nitrogens with one attached hydrogen (secondary N) is 1. The van der Waals surface area contributed by atoms with Crippen molar-refractivity contribution in [1.29, 1.82) is 0 Å². The number of hydrogen-bond acceptors (Lipinski definition) is 2. The van der Waals surface area contributed by atoms with Gasteiger partial charge in [-0.05, 0) is 50.4 Å². The van der Waals surface area contributed by atoms with Gasteiger partial charge in [-0.3, -0.25) is 4.99 Å². The fourth-order valence-electron chi connectivity index (χ4n) is 3.37. The third kappa shape index (κ3) is 3.48. The van der Waals surface area contributed by atoms with E-state index in [1.54, 1.807) is 0 Å². The zero-order valence-electron chi connectivity index (χ0n) is 12.5. The second-order valence-corrected chi connectivity index (χ2v) is 8.02. The highest BCUT2D eigenvalue weighted by Gasteiger charge is 2.39. The summed E-state index contributed by atoms with van der Waals surface area (Å²) in [5.41, 5.74) is 0.397. The molecule has 0 amide bonds. The number of amidine groups is 1. The molecule has 108 valence electrons. The van der Waals surface area contributed by atoms with Gasteiger partial charge in [0, 0.05) is 11.3 Å². The SMILES string of the molecule is CCC(CC1CC1)N=C1NC2(CCC(C)CC2)CS1. The maximum Gasteiger partial charge on any atom is 0.157 e. The fourth-order valence-corrected chi connectivity index (χ4v) is 4.66. The minimum absolute atomic E-state index is 0.397. The van der Waals surface area contributed by atoms with Crippen LogP contribution in [-0.4, -0.2) is 22.5 Å². The van der Waals surface area contributed by atoms with Gasteiger partial charge in [-0.2, -0.15) is 0 Å². The lowest BCUT2D eigenvalue weighted by molar-refractivity contribution is 0.250. The highest BCUT2D eigenvalue weighted by Crippen LogP contribution is 2.39. The average Bonchev–Trinajstić information content (AvgIpc) is 3.15. The van der Waals surface area contributed by atoms with Crippen molar-refractivity contribution >= 4 is 16.9 Å². The Morgan fingerprint density at radius 2 is 2.05 bits per heavy atom. The van der Waals surface area contributed by atoms with Gasteiger partial charge in [-0.15, -0.1) is 0 Å². The molecule has 0 aromatic carbocycles. The molecule has 2 saturated carbocycles. The summed E-state index contributed by atoms with van der Waals surface area (Å²) < 4.78 is 0. The molecule has 3 heteroatoms. The second-order valence-electron chi connectivity index (χ2n) is 7.05. The predicted octanol–water partition coefficient (Wildman–Crippen LogP) is 4.21. The first kappa shape index (κ1) is 13.8. The summed E-state index contributed by atoms with van der Waals surface area (Å²) >= 11 is 1.98. The van der Waals surface area contributed by atoms with E-state index in [1.807, 2.05) is 11.8 Å². The molecule has 3 aliphatic rings. The molecule has 19 heavy (non-hydrogen) atoms. The molecule has 1 N–H and O–H groups in total. The fraction of sp³-hybridized carbons (Fsp3) is 0.938. The Bertz CT molecular complexity index is 341. The van der Waals surface area contributed by atoms with Crippen LogP contribution in [0.3, 0.4) is 0 Å². The molecule has 1 spiro atoms. The van der Waals surface area contributed by atoms with Gasteiger partial charge in [0.05, 0.1) is 6.04 Å². The second kappa shape index (κ2) is 5.67. The maximum atomic E-state index is 5.01. The van der Waals surface area contributed by atoms with E-state index < -0.39 is 0 Å². The van der Waals surface area contributed by atoms with Crippen LogP contribution in [-0.2, 0) is 0 Å². The standard InChI is InChI=1S/C16H28N2S/c1-3-14(10-13-4-5-13)17-15-18-16(11-19-15)8-6-12(2)7-9-16/h12-14H,3-11H2,1-2H3,(H,17,18). The molecule has 0 aromatic rings. The van der Waals surface area contributed by atoms with Gasteiger partial charge in [0.2, 0.25) is 0 Å². The van der Waals surface area contributed by atoms with Crippen LogP contribution in [0.5, 0.6) is 0 Å². The van der Waals surface area contributed by atoms with Crippen molar-refractivity contribution in [3.8, 4) is 0 Å². The van der Waals surface area contributed by atoms with E-state index in [0.29, 0.717) is 11.6 Å². The smallest absolute Gasteiger partial charge is 0.157 e. The molecular formula is C16H28N2S. The van der Waals surface area contributed by atoms with Crippen molar-refractivity contribution in [3.63, 3.8) is 0 Å². The molecule has 1 aliphatic heterocycles. The predicted molar refractivity (Wildman–Crippen MR) is 84.8 cm³/mol. The molecule has 1 saturated heterocycles. The molecular weight excluding hydrogens is 252 g/mol. The van der Waals surface area contributed by atoms with Gasteiger partial charge in [0.25, 0.3) is 0 Å². The summed E-state index contributed by atoms with van der Waals surface area (Å²) in [4.78, 5) is 5.01. The first-order chi connectivity index (χ1) is 9.19. The summed E-state index contributed by atoms with van der Waals surface area (Å²) in [6.07, 6.45) is 10.9. The molecule has 3 fully saturated rings. The van der Waals surface area contributed by atoms with Gasteiger partial charge < -0.3 is 5.32 Å². The number of rotatable bonds is 4. The molecule has 2 nitrogen and oxygen atoms in total. The molecule has 2 aliphatic carbocycles. The lowest BCUT2D eigenvalue weighted by atomic mass is 9.78. The normalized spacial score (nSPS) is 38.6. The lowest BCUT2D eigenvalue weighted by Crippen LogP contribution is -2.46. The van der Waals surface area contributed by atoms with Crippen LogP contribution in [0.2, 0.25) is 0 Å². The highest BCUT2D eigenvalue weighted by molar-refractivity contribution is 8.14. The third-order valence-electron chi connectivity index (χ3n) is 5.16. The Balaban J connectivity index is 1.57. The number of hydrogen-bond donors (Lipinski definition) is 1. The Labute approximate surface area is 122 Å². The molecule has 0 aromatic heterocycles. The van der Waals surface area contributed by atoms with E-state index >= 15 is 0 Å². The van der Waals surface area contributed by atoms with E-state index in [9.17, 15) is 0 Å². The highest BCUT2D eigenvalue weighted by atomic mass is 32.2. The minimum atomic E-state index is 0.397. The van der Waals surface area contributed by atoms with Gasteiger partial charge in [-0.1, -0.05) is 38.5 Å². The Morgan fingerprint density at radius 3 is 2.68 bits per heavy atom. The maximum absolute atomic E-state index is 5.01. The number of aliphatic imine (C=N–C) groups is 1. The van der Waals surface area contributed by atoms with Crippen molar-refractivity contribution in [2.24, 2.45) is 16.8 Å². The summed E-state index contributed by atoms with van der Waals surface area (Å²) in [6.45, 7) is 4.68. The van der Waals surface area contributed by atoms with Crippen LogP contribution in [0, 0.1) is 11.8 Å². The van der Waals surface area contributed by atoms with Crippen LogP contribution in [0.15, 0.2) is 4.99 Å². The Hall–Kier alpha value is -0.180. The van der Waals surface area contributed by atoms with Crippen molar-refractivity contribution in [2.75, 3.05) is 5.75 Å². The molecule has 1 heterocycles. The van der Waals surface area contributed by atoms with Gasteiger partial charge in [-0.25, -0.2) is 0 Å². The van der Waals surface area contributed by atoms with E-state index in [2.05, 4.69) is 19.2 Å². The Kier molecular flexibility index (Phi) is 4.11. The van der Waals surface area contributed by atoms with Crippen LogP contribution >= 0.6 is 11.8 Å². The summed E-state index contributed by atoms with van der Waals surface area (Å²) in [5.74, 6) is 3.17. The van der Waals surface area contributed by atoms with E-state index in [-0.39, 0.29) is 0 Å². The summed E-state index contributed by atoms with van der Waals surface area (Å²) in [5, 5.41) is 5.05. The third-order valence-corrected chi connectivity index (χ3v) is 6.34. The molecule has 1 atom stereocenters. The van der Waals surface area contributed by atoms with Gasteiger partial charge in [0.15, 0.2) is 5.17 Å². The topological polar surface area (TPSA) is 24.4 Å². The zero-order valence-corrected chi connectivity index (χ0v) is 13.3.